The molecule has 0 aromatic heterocycles. The summed E-state index contributed by atoms with van der Waals surface area (Å²) in [7, 11) is 3.64. The Bertz CT molecular complexity index is 715. The van der Waals surface area contributed by atoms with Crippen LogP contribution in [-0.2, 0) is 0 Å². The predicted octanol–water partition coefficient (Wildman–Crippen LogP) is 3.40. The monoisotopic (exact) mass is 369 g/mol. The van der Waals surface area contributed by atoms with Crippen LogP contribution in [0.5, 0.6) is 0 Å². The Balaban J connectivity index is 1.99. The van der Waals surface area contributed by atoms with Crippen LogP contribution in [0.4, 0.5) is 18.9 Å². The van der Waals surface area contributed by atoms with E-state index in [1.165, 1.54) is 12.1 Å². The maximum Gasteiger partial charge on any atom is 0.439 e. The number of anilines is 1. The normalized spacial score (nSPS) is 26.2. The molecule has 5 nitrogen and oxygen atoms in total. The molecule has 1 saturated carbocycles. The van der Waals surface area contributed by atoms with Gasteiger partial charge in [-0.15, -0.1) is 0 Å². The molecule has 1 amide bonds. The molecule has 26 heavy (non-hydrogen) atoms. The summed E-state index contributed by atoms with van der Waals surface area (Å²) in [5.74, 6) is -2.15. The fourth-order valence-corrected chi connectivity index (χ4v) is 3.62. The van der Waals surface area contributed by atoms with Gasteiger partial charge in [-0.2, -0.15) is 23.3 Å². The number of alkyl halides is 3. The van der Waals surface area contributed by atoms with Crippen molar-refractivity contribution in [2.75, 3.05) is 19.0 Å². The fourth-order valence-electron chi connectivity index (χ4n) is 3.62. The minimum Gasteiger partial charge on any atom is -0.378 e. The van der Waals surface area contributed by atoms with Crippen LogP contribution in [-0.4, -0.2) is 47.7 Å². The predicted molar refractivity (Wildman–Crippen MR) is 92.0 cm³/mol. The van der Waals surface area contributed by atoms with Crippen LogP contribution in [0.25, 0.3) is 0 Å². The number of halogens is 3. The molecule has 1 aliphatic heterocycles. The van der Waals surface area contributed by atoms with Crippen LogP contribution < -0.4 is 4.90 Å². The van der Waals surface area contributed by atoms with Gasteiger partial charge in [-0.1, -0.05) is 12.8 Å². The van der Waals surface area contributed by atoms with Crippen LogP contribution in [0.2, 0.25) is 0 Å². The number of fused-ring (bicyclic) bond motifs is 1. The minimum atomic E-state index is -4.99. The largest absolute Gasteiger partial charge is 0.439 e. The van der Waals surface area contributed by atoms with Crippen molar-refractivity contribution in [3.63, 3.8) is 0 Å². The van der Waals surface area contributed by atoms with Crippen LogP contribution in [0.1, 0.15) is 42.5 Å². The highest BCUT2D eigenvalue weighted by atomic mass is 19.4. The van der Waals surface area contributed by atoms with Gasteiger partial charge in [-0.3, -0.25) is 4.79 Å². The highest BCUT2D eigenvalue weighted by molar-refractivity contribution is 5.99. The zero-order valence-corrected chi connectivity index (χ0v) is 14.8. The van der Waals surface area contributed by atoms with E-state index < -0.39 is 23.7 Å². The zero-order chi connectivity index (χ0) is 19.1. The van der Waals surface area contributed by atoms with Crippen molar-refractivity contribution in [3.05, 3.63) is 29.8 Å². The molecule has 8 heteroatoms. The molecule has 0 saturated heterocycles. The number of nitrogens with zero attached hydrogens (tertiary/aromatic N) is 3. The van der Waals surface area contributed by atoms with E-state index in [0.29, 0.717) is 19.3 Å². The number of hydrazone groups is 1. The molecule has 2 atom stereocenters. The summed E-state index contributed by atoms with van der Waals surface area (Å²) in [5, 5.41) is 14.8. The Morgan fingerprint density at radius 1 is 1.23 bits per heavy atom. The number of carbonyl (C=O) groups is 1. The lowest BCUT2D eigenvalue weighted by molar-refractivity contribution is -0.312. The van der Waals surface area contributed by atoms with Crippen molar-refractivity contribution < 1.29 is 23.1 Å². The molecular weight excluding hydrogens is 347 g/mol. The average molecular weight is 369 g/mol. The molecule has 0 radical (unpaired) electrons. The van der Waals surface area contributed by atoms with Gasteiger partial charge in [-0.05, 0) is 43.5 Å². The first-order valence-electron chi connectivity index (χ1n) is 8.64. The van der Waals surface area contributed by atoms with Crippen LogP contribution in [0.3, 0.4) is 0 Å². The van der Waals surface area contributed by atoms with Gasteiger partial charge in [-0.25, -0.2) is 0 Å². The summed E-state index contributed by atoms with van der Waals surface area (Å²) in [4.78, 5) is 14.6. The van der Waals surface area contributed by atoms with E-state index in [2.05, 4.69) is 5.10 Å². The standard InChI is InChI=1S/C18H22F3N3O2/c1-23(2)13-10-8-12(9-11-13)16(25)24-17(26,18(19,20)21)14-6-4-3-5-7-15(14)22-24/h8-11,14,26H,3-7H2,1-2H3/t14-,17-/m0/s1. The molecule has 3 rings (SSSR count). The van der Waals surface area contributed by atoms with Crippen LogP contribution in [0.15, 0.2) is 29.4 Å². The van der Waals surface area contributed by atoms with Gasteiger partial charge in [0.1, 0.15) is 0 Å². The molecule has 1 aromatic rings. The average Bonchev–Trinajstić information content (AvgIpc) is 2.74. The van der Waals surface area contributed by atoms with Gasteiger partial charge in [0.25, 0.3) is 11.6 Å². The third-order valence-electron chi connectivity index (χ3n) is 5.11. The van der Waals surface area contributed by atoms with Crippen molar-refractivity contribution in [2.24, 2.45) is 11.0 Å². The summed E-state index contributed by atoms with van der Waals surface area (Å²) in [6.45, 7) is 0. The lowest BCUT2D eigenvalue weighted by atomic mass is 9.87. The van der Waals surface area contributed by atoms with Gasteiger partial charge in [0.15, 0.2) is 0 Å². The Morgan fingerprint density at radius 2 is 1.88 bits per heavy atom. The fraction of sp³-hybridized carbons (Fsp3) is 0.556. The molecule has 0 bridgehead atoms. The summed E-state index contributed by atoms with van der Waals surface area (Å²) >= 11 is 0. The molecule has 1 aliphatic carbocycles. The molecule has 1 N–H and O–H groups in total. The van der Waals surface area contributed by atoms with Gasteiger partial charge in [0, 0.05) is 31.1 Å². The second-order valence-electron chi connectivity index (χ2n) is 7.03. The van der Waals surface area contributed by atoms with E-state index in [1.54, 1.807) is 12.1 Å². The maximum atomic E-state index is 13.8. The Kier molecular flexibility index (Phi) is 4.72. The first-order valence-corrected chi connectivity index (χ1v) is 8.64. The quantitative estimate of drug-likeness (QED) is 0.869. The van der Waals surface area contributed by atoms with E-state index in [0.717, 1.165) is 12.1 Å². The number of carbonyl (C=O) groups excluding carboxylic acids is 1. The van der Waals surface area contributed by atoms with Crippen molar-refractivity contribution in [1.82, 2.24) is 5.01 Å². The Hall–Kier alpha value is -2.09. The van der Waals surface area contributed by atoms with E-state index in [-0.39, 0.29) is 22.7 Å². The number of benzene rings is 1. The third-order valence-corrected chi connectivity index (χ3v) is 5.11. The summed E-state index contributed by atoms with van der Waals surface area (Å²) in [6, 6.07) is 6.17. The second kappa shape index (κ2) is 6.57. The number of hydrogen-bond donors (Lipinski definition) is 1. The molecule has 0 unspecified atom stereocenters. The maximum absolute atomic E-state index is 13.8. The van der Waals surface area contributed by atoms with Crippen LogP contribution in [0, 0.1) is 5.92 Å². The van der Waals surface area contributed by atoms with E-state index >= 15 is 0 Å². The highest BCUT2D eigenvalue weighted by Gasteiger charge is 2.68. The van der Waals surface area contributed by atoms with Crippen molar-refractivity contribution in [1.29, 1.82) is 0 Å². The SMILES string of the molecule is CN(C)c1ccc(C(=O)N2N=C3CCCCC[C@@H]3[C@]2(O)C(F)(F)F)cc1. The molecule has 142 valence electrons. The minimum absolute atomic E-state index is 0.0547. The Labute approximate surface area is 150 Å². The van der Waals surface area contributed by atoms with Gasteiger partial charge in [0.05, 0.1) is 5.92 Å². The lowest BCUT2D eigenvalue weighted by Crippen LogP contribution is -2.61. The summed E-state index contributed by atoms with van der Waals surface area (Å²) in [5.41, 5.74) is -2.16. The molecular formula is C18H22F3N3O2. The Morgan fingerprint density at radius 3 is 2.46 bits per heavy atom. The summed E-state index contributed by atoms with van der Waals surface area (Å²) < 4.78 is 41.5. The van der Waals surface area contributed by atoms with Gasteiger partial charge >= 0.3 is 6.18 Å². The van der Waals surface area contributed by atoms with Crippen molar-refractivity contribution >= 4 is 17.3 Å². The summed E-state index contributed by atoms with van der Waals surface area (Å²) in [6.07, 6.45) is -2.38. The van der Waals surface area contributed by atoms with E-state index in [9.17, 15) is 23.1 Å². The zero-order valence-electron chi connectivity index (χ0n) is 14.8. The first-order chi connectivity index (χ1) is 12.2. The third kappa shape index (κ3) is 2.96. The number of rotatable bonds is 2. The van der Waals surface area contributed by atoms with E-state index in [4.69, 9.17) is 0 Å². The van der Waals surface area contributed by atoms with Crippen molar-refractivity contribution in [2.45, 2.75) is 44.0 Å². The van der Waals surface area contributed by atoms with Crippen molar-refractivity contribution in [3.8, 4) is 0 Å². The number of aliphatic hydroxyl groups is 1. The van der Waals surface area contributed by atoms with Crippen LogP contribution >= 0.6 is 0 Å². The topological polar surface area (TPSA) is 56.1 Å². The molecule has 1 heterocycles. The highest BCUT2D eigenvalue weighted by Crippen LogP contribution is 2.48. The van der Waals surface area contributed by atoms with Gasteiger partial charge in [0.2, 0.25) is 0 Å². The first kappa shape index (κ1) is 18.7. The molecule has 1 aromatic carbocycles. The molecule has 2 aliphatic rings. The second-order valence-corrected chi connectivity index (χ2v) is 7.03. The van der Waals surface area contributed by atoms with E-state index in [1.807, 2.05) is 19.0 Å². The van der Waals surface area contributed by atoms with Gasteiger partial charge < -0.3 is 10.0 Å². The smallest absolute Gasteiger partial charge is 0.378 e. The number of amides is 1. The lowest BCUT2D eigenvalue weighted by Gasteiger charge is -2.37. The molecule has 0 spiro atoms. The number of hydrogen-bond acceptors (Lipinski definition) is 4. The molecule has 1 fully saturated rings.